The Labute approximate surface area is 242 Å². The van der Waals surface area contributed by atoms with Gasteiger partial charge in [0.25, 0.3) is 10.0 Å². The Morgan fingerprint density at radius 2 is 1.79 bits per heavy atom. The quantitative estimate of drug-likeness (QED) is 0.286. The zero-order valence-corrected chi connectivity index (χ0v) is 23.6. The second-order valence-electron chi connectivity index (χ2n) is 10.3. The van der Waals surface area contributed by atoms with Crippen molar-refractivity contribution in [3.63, 3.8) is 0 Å². The first-order chi connectivity index (χ1) is 20.4. The number of nitrogens with one attached hydrogen (secondary N) is 1. The number of hydrogen-bond acceptors (Lipinski definition) is 8. The van der Waals surface area contributed by atoms with E-state index in [2.05, 4.69) is 32.0 Å². The SMILES string of the molecule is COc1ncc(-c2ccnc3c2ccn3S(=O)(=O)c2ccccc2)cc1-c1nc2ccc(N3CCC(O)CC3)cc2[nH]1. The van der Waals surface area contributed by atoms with Crippen molar-refractivity contribution in [2.45, 2.75) is 23.8 Å². The van der Waals surface area contributed by atoms with Gasteiger partial charge in [-0.25, -0.2) is 27.3 Å². The van der Waals surface area contributed by atoms with E-state index in [9.17, 15) is 13.5 Å². The Balaban J connectivity index is 1.29. The number of hydrogen-bond donors (Lipinski definition) is 2. The highest BCUT2D eigenvalue weighted by molar-refractivity contribution is 7.90. The van der Waals surface area contributed by atoms with E-state index in [1.54, 1.807) is 55.9 Å². The number of rotatable bonds is 6. The number of imidazole rings is 1. The summed E-state index contributed by atoms with van der Waals surface area (Å²) in [6.07, 6.45) is 6.11. The van der Waals surface area contributed by atoms with Crippen molar-refractivity contribution in [2.24, 2.45) is 0 Å². The van der Waals surface area contributed by atoms with Gasteiger partial charge in [0.2, 0.25) is 5.88 Å². The summed E-state index contributed by atoms with van der Waals surface area (Å²) < 4.78 is 33.6. The van der Waals surface area contributed by atoms with Gasteiger partial charge in [0, 0.05) is 48.3 Å². The Morgan fingerprint density at radius 1 is 0.976 bits per heavy atom. The minimum absolute atomic E-state index is 0.189. The first kappa shape index (κ1) is 26.2. The highest BCUT2D eigenvalue weighted by Gasteiger charge is 2.22. The lowest BCUT2D eigenvalue weighted by atomic mass is 10.0. The van der Waals surface area contributed by atoms with Gasteiger partial charge in [-0.2, -0.15) is 0 Å². The number of piperidine rings is 1. The molecule has 0 atom stereocenters. The van der Waals surface area contributed by atoms with Crippen molar-refractivity contribution < 1.29 is 18.3 Å². The Bertz CT molecular complexity index is 2030. The molecule has 1 saturated heterocycles. The summed E-state index contributed by atoms with van der Waals surface area (Å²) in [4.78, 5) is 19.7. The highest BCUT2D eigenvalue weighted by Crippen LogP contribution is 2.36. The second-order valence-corrected chi connectivity index (χ2v) is 12.1. The van der Waals surface area contributed by atoms with Crippen molar-refractivity contribution in [2.75, 3.05) is 25.1 Å². The minimum atomic E-state index is -3.82. The molecule has 0 spiro atoms. The van der Waals surface area contributed by atoms with Crippen LogP contribution in [0.5, 0.6) is 5.88 Å². The summed E-state index contributed by atoms with van der Waals surface area (Å²) in [5.41, 5.74) is 5.33. The molecule has 0 bridgehead atoms. The Morgan fingerprint density at radius 3 is 2.57 bits per heavy atom. The van der Waals surface area contributed by atoms with Gasteiger partial charge in [-0.1, -0.05) is 18.2 Å². The van der Waals surface area contributed by atoms with Gasteiger partial charge in [0.05, 0.1) is 34.7 Å². The number of aromatic amines is 1. The molecule has 0 radical (unpaired) electrons. The maximum atomic E-state index is 13.4. The highest BCUT2D eigenvalue weighted by atomic mass is 32.2. The van der Waals surface area contributed by atoms with Gasteiger partial charge in [0.15, 0.2) is 5.65 Å². The number of aliphatic hydroxyl groups excluding tert-OH is 1. The zero-order valence-electron chi connectivity index (χ0n) is 22.8. The van der Waals surface area contributed by atoms with E-state index in [1.165, 1.54) is 10.2 Å². The molecule has 7 rings (SSSR count). The predicted molar refractivity (Wildman–Crippen MR) is 161 cm³/mol. The standard InChI is InChI=1S/C31H28N6O4S/c1-41-31-26(29-34-27-8-7-21(18-28(27)35-29)36-14-10-22(38)11-15-36)17-20(19-33-31)24-9-13-32-30-25(24)12-16-37(30)42(39,40)23-5-3-2-4-6-23/h2-9,12-13,16-19,22,38H,10-11,14-15H2,1H3,(H,34,35). The first-order valence-corrected chi connectivity index (χ1v) is 15.1. The third-order valence-electron chi connectivity index (χ3n) is 7.76. The van der Waals surface area contributed by atoms with Crippen LogP contribution in [0, 0.1) is 0 Å². The van der Waals surface area contributed by atoms with Crippen LogP contribution in [0.2, 0.25) is 0 Å². The first-order valence-electron chi connectivity index (χ1n) is 13.7. The number of pyridine rings is 2. The summed E-state index contributed by atoms with van der Waals surface area (Å²) in [5, 5.41) is 10.6. The average molecular weight is 581 g/mol. The van der Waals surface area contributed by atoms with Gasteiger partial charge in [-0.15, -0.1) is 0 Å². The largest absolute Gasteiger partial charge is 0.480 e. The number of fused-ring (bicyclic) bond motifs is 2. The zero-order chi connectivity index (χ0) is 28.8. The third-order valence-corrected chi connectivity index (χ3v) is 9.44. The second kappa shape index (κ2) is 10.3. The fraction of sp³-hybridized carbons (Fsp3) is 0.194. The van der Waals surface area contributed by atoms with Crippen LogP contribution in [0.1, 0.15) is 12.8 Å². The molecule has 212 valence electrons. The monoisotopic (exact) mass is 580 g/mol. The molecule has 10 nitrogen and oxygen atoms in total. The van der Waals surface area contributed by atoms with Crippen molar-refractivity contribution in [3.8, 4) is 28.4 Å². The molecule has 0 unspecified atom stereocenters. The number of nitrogens with zero attached hydrogens (tertiary/aromatic N) is 5. The number of anilines is 1. The summed E-state index contributed by atoms with van der Waals surface area (Å²) in [6.45, 7) is 1.62. The normalized spacial score (nSPS) is 14.6. The molecular formula is C31H28N6O4S. The molecule has 4 aromatic heterocycles. The van der Waals surface area contributed by atoms with E-state index in [0.717, 1.165) is 53.8 Å². The number of H-pyrrole nitrogens is 1. The van der Waals surface area contributed by atoms with E-state index in [0.29, 0.717) is 28.3 Å². The maximum absolute atomic E-state index is 13.4. The fourth-order valence-electron chi connectivity index (χ4n) is 5.54. The molecule has 0 aliphatic carbocycles. The Hall–Kier alpha value is -4.74. The maximum Gasteiger partial charge on any atom is 0.269 e. The lowest BCUT2D eigenvalue weighted by Crippen LogP contribution is -2.35. The number of aromatic nitrogens is 5. The van der Waals surface area contributed by atoms with Gasteiger partial charge in [-0.3, -0.25) is 0 Å². The van der Waals surface area contributed by atoms with Gasteiger partial charge in [0.1, 0.15) is 5.82 Å². The summed E-state index contributed by atoms with van der Waals surface area (Å²) in [6, 6.07) is 20.0. The fourth-order valence-corrected chi connectivity index (χ4v) is 6.87. The molecule has 2 N–H and O–H groups in total. The lowest BCUT2D eigenvalue weighted by Gasteiger charge is -2.31. The molecule has 0 amide bonds. The van der Waals surface area contributed by atoms with E-state index in [1.807, 2.05) is 18.2 Å². The van der Waals surface area contributed by atoms with Crippen molar-refractivity contribution >= 4 is 37.8 Å². The third kappa shape index (κ3) is 4.47. The van der Waals surface area contributed by atoms with Crippen molar-refractivity contribution in [1.82, 2.24) is 23.9 Å². The Kier molecular flexibility index (Phi) is 6.40. The van der Waals surface area contributed by atoms with Crippen LogP contribution < -0.4 is 9.64 Å². The van der Waals surface area contributed by atoms with Crippen LogP contribution in [0.15, 0.2) is 90.2 Å². The smallest absolute Gasteiger partial charge is 0.269 e. The number of ether oxygens (including phenoxy) is 1. The van der Waals surface area contributed by atoms with Crippen molar-refractivity contribution in [1.29, 1.82) is 0 Å². The van der Waals surface area contributed by atoms with Gasteiger partial charge in [-0.05, 0) is 66.9 Å². The van der Waals surface area contributed by atoms with Gasteiger partial charge >= 0.3 is 0 Å². The molecule has 1 aliphatic heterocycles. The van der Waals surface area contributed by atoms with E-state index in [4.69, 9.17) is 9.72 Å². The molecule has 1 fully saturated rings. The van der Waals surface area contributed by atoms with E-state index < -0.39 is 10.0 Å². The predicted octanol–water partition coefficient (Wildman–Crippen LogP) is 4.85. The molecule has 42 heavy (non-hydrogen) atoms. The molecule has 6 aromatic rings. The van der Waals surface area contributed by atoms with Crippen LogP contribution in [0.4, 0.5) is 5.69 Å². The van der Waals surface area contributed by atoms with Crippen LogP contribution in [-0.2, 0) is 10.0 Å². The van der Waals surface area contributed by atoms with E-state index >= 15 is 0 Å². The van der Waals surface area contributed by atoms with E-state index in [-0.39, 0.29) is 11.0 Å². The topological polar surface area (TPSA) is 126 Å². The summed E-state index contributed by atoms with van der Waals surface area (Å²) in [5.74, 6) is 1.02. The van der Waals surface area contributed by atoms with Gasteiger partial charge < -0.3 is 19.7 Å². The van der Waals surface area contributed by atoms with Crippen LogP contribution >= 0.6 is 0 Å². The summed E-state index contributed by atoms with van der Waals surface area (Å²) in [7, 11) is -2.26. The summed E-state index contributed by atoms with van der Waals surface area (Å²) >= 11 is 0. The minimum Gasteiger partial charge on any atom is -0.480 e. The molecular weight excluding hydrogens is 552 g/mol. The molecule has 1 aliphatic rings. The average Bonchev–Trinajstić information content (AvgIpc) is 3.66. The molecule has 11 heteroatoms. The van der Waals surface area contributed by atoms with Crippen LogP contribution in [0.25, 0.3) is 44.6 Å². The van der Waals surface area contributed by atoms with Crippen LogP contribution in [0.3, 0.4) is 0 Å². The number of aliphatic hydroxyl groups is 1. The lowest BCUT2D eigenvalue weighted by molar-refractivity contribution is 0.145. The number of benzene rings is 2. The van der Waals surface area contributed by atoms with Crippen molar-refractivity contribution in [3.05, 3.63) is 85.3 Å². The van der Waals surface area contributed by atoms with Crippen LogP contribution in [-0.4, -0.2) is 63.7 Å². The number of methoxy groups -OCH3 is 1. The molecule has 0 saturated carbocycles. The molecule has 2 aromatic carbocycles. The molecule has 5 heterocycles.